The van der Waals surface area contributed by atoms with Crippen molar-refractivity contribution in [2.45, 2.75) is 26.4 Å². The Labute approximate surface area is 117 Å². The molecular formula is C15H18N2OS. The first-order valence-corrected chi connectivity index (χ1v) is 7.16. The highest BCUT2D eigenvalue weighted by Crippen LogP contribution is 2.11. The van der Waals surface area contributed by atoms with Crippen molar-refractivity contribution < 1.29 is 4.79 Å². The third kappa shape index (κ3) is 4.10. The molecule has 0 fully saturated rings. The van der Waals surface area contributed by atoms with E-state index in [1.165, 1.54) is 5.56 Å². The molecule has 2 N–H and O–H groups in total. The molecule has 2 rings (SSSR count). The average Bonchev–Trinajstić information content (AvgIpc) is 2.89. The van der Waals surface area contributed by atoms with Crippen LogP contribution in [0.15, 0.2) is 41.8 Å². The SMILES string of the molecule is Cc1cccc(N[C@H](C)C(=O)NCc2cccs2)c1. The van der Waals surface area contributed by atoms with Gasteiger partial charge in [0.15, 0.2) is 0 Å². The van der Waals surface area contributed by atoms with Gasteiger partial charge < -0.3 is 10.6 Å². The molecule has 0 aliphatic carbocycles. The predicted molar refractivity (Wildman–Crippen MR) is 80.4 cm³/mol. The fourth-order valence-electron chi connectivity index (χ4n) is 1.79. The van der Waals surface area contributed by atoms with Crippen molar-refractivity contribution in [1.82, 2.24) is 5.32 Å². The van der Waals surface area contributed by atoms with Gasteiger partial charge in [-0.2, -0.15) is 0 Å². The van der Waals surface area contributed by atoms with E-state index in [1.807, 2.05) is 55.6 Å². The van der Waals surface area contributed by atoms with Crippen molar-refractivity contribution in [3.05, 3.63) is 52.2 Å². The van der Waals surface area contributed by atoms with E-state index in [9.17, 15) is 4.79 Å². The van der Waals surface area contributed by atoms with Crippen molar-refractivity contribution >= 4 is 22.9 Å². The molecule has 1 aromatic carbocycles. The van der Waals surface area contributed by atoms with Crippen LogP contribution in [0, 0.1) is 6.92 Å². The van der Waals surface area contributed by atoms with Crippen LogP contribution in [0.2, 0.25) is 0 Å². The monoisotopic (exact) mass is 274 g/mol. The molecule has 0 saturated carbocycles. The molecule has 0 saturated heterocycles. The highest BCUT2D eigenvalue weighted by Gasteiger charge is 2.12. The number of thiophene rings is 1. The van der Waals surface area contributed by atoms with Gasteiger partial charge in [0.1, 0.15) is 6.04 Å². The Morgan fingerprint density at radius 1 is 1.32 bits per heavy atom. The van der Waals surface area contributed by atoms with Crippen LogP contribution in [0.1, 0.15) is 17.4 Å². The van der Waals surface area contributed by atoms with Gasteiger partial charge in [-0.05, 0) is 43.0 Å². The van der Waals surface area contributed by atoms with Crippen molar-refractivity contribution in [3.8, 4) is 0 Å². The van der Waals surface area contributed by atoms with Crippen LogP contribution in [-0.2, 0) is 11.3 Å². The van der Waals surface area contributed by atoms with Crippen LogP contribution in [0.25, 0.3) is 0 Å². The van der Waals surface area contributed by atoms with Crippen LogP contribution >= 0.6 is 11.3 Å². The first-order chi connectivity index (χ1) is 9.15. The second kappa shape index (κ2) is 6.38. The number of amides is 1. The van der Waals surface area contributed by atoms with E-state index in [0.717, 1.165) is 10.6 Å². The molecule has 0 radical (unpaired) electrons. The maximum atomic E-state index is 12.0. The number of aryl methyl sites for hydroxylation is 1. The summed E-state index contributed by atoms with van der Waals surface area (Å²) in [5.41, 5.74) is 2.15. The van der Waals surface area contributed by atoms with Crippen LogP contribution < -0.4 is 10.6 Å². The summed E-state index contributed by atoms with van der Waals surface area (Å²) in [5.74, 6) is 0.00917. The number of carbonyl (C=O) groups excluding carboxylic acids is 1. The fraction of sp³-hybridized carbons (Fsp3) is 0.267. The van der Waals surface area contributed by atoms with Gasteiger partial charge in [-0.3, -0.25) is 4.79 Å². The third-order valence-corrected chi connectivity index (χ3v) is 3.69. The molecular weight excluding hydrogens is 256 g/mol. The van der Waals surface area contributed by atoms with E-state index in [4.69, 9.17) is 0 Å². The molecule has 0 aliphatic rings. The maximum absolute atomic E-state index is 12.0. The minimum Gasteiger partial charge on any atom is -0.374 e. The van der Waals surface area contributed by atoms with Crippen LogP contribution in [0.4, 0.5) is 5.69 Å². The summed E-state index contributed by atoms with van der Waals surface area (Å²) in [6.07, 6.45) is 0. The third-order valence-electron chi connectivity index (χ3n) is 2.81. The lowest BCUT2D eigenvalue weighted by molar-refractivity contribution is -0.121. The van der Waals surface area contributed by atoms with Gasteiger partial charge in [0.25, 0.3) is 0 Å². The van der Waals surface area contributed by atoms with E-state index in [1.54, 1.807) is 11.3 Å². The first-order valence-electron chi connectivity index (χ1n) is 6.28. The Kier molecular flexibility index (Phi) is 4.58. The van der Waals surface area contributed by atoms with E-state index < -0.39 is 0 Å². The number of nitrogens with one attached hydrogen (secondary N) is 2. The predicted octanol–water partition coefficient (Wildman–Crippen LogP) is 3.17. The molecule has 0 unspecified atom stereocenters. The summed E-state index contributed by atoms with van der Waals surface area (Å²) >= 11 is 1.65. The van der Waals surface area contributed by atoms with E-state index in [2.05, 4.69) is 10.6 Å². The zero-order chi connectivity index (χ0) is 13.7. The van der Waals surface area contributed by atoms with Gasteiger partial charge in [0.05, 0.1) is 6.54 Å². The Bertz CT molecular complexity index is 537. The minimum absolute atomic E-state index is 0.00917. The zero-order valence-corrected chi connectivity index (χ0v) is 12.0. The molecule has 4 heteroatoms. The number of anilines is 1. The van der Waals surface area contributed by atoms with Crippen LogP contribution in [-0.4, -0.2) is 11.9 Å². The lowest BCUT2D eigenvalue weighted by atomic mass is 10.2. The lowest BCUT2D eigenvalue weighted by Crippen LogP contribution is -2.37. The standard InChI is InChI=1S/C15H18N2OS/c1-11-5-3-6-13(9-11)17-12(2)15(18)16-10-14-7-4-8-19-14/h3-9,12,17H,10H2,1-2H3,(H,16,18)/t12-/m1/s1. The number of benzene rings is 1. The summed E-state index contributed by atoms with van der Waals surface area (Å²) in [6.45, 7) is 4.50. The molecule has 0 aliphatic heterocycles. The molecule has 1 heterocycles. The number of hydrogen-bond donors (Lipinski definition) is 2. The van der Waals surface area contributed by atoms with Gasteiger partial charge in [0, 0.05) is 10.6 Å². The van der Waals surface area contributed by atoms with Crippen LogP contribution in [0.5, 0.6) is 0 Å². The lowest BCUT2D eigenvalue weighted by Gasteiger charge is -2.15. The minimum atomic E-state index is -0.248. The molecule has 0 bridgehead atoms. The molecule has 1 atom stereocenters. The topological polar surface area (TPSA) is 41.1 Å². The second-order valence-electron chi connectivity index (χ2n) is 4.53. The summed E-state index contributed by atoms with van der Waals surface area (Å²) in [5, 5.41) is 8.14. The summed E-state index contributed by atoms with van der Waals surface area (Å²) in [4.78, 5) is 13.1. The second-order valence-corrected chi connectivity index (χ2v) is 5.56. The maximum Gasteiger partial charge on any atom is 0.242 e. The molecule has 1 aromatic heterocycles. The average molecular weight is 274 g/mol. The molecule has 0 spiro atoms. The normalized spacial score (nSPS) is 11.9. The van der Waals surface area contributed by atoms with E-state index in [-0.39, 0.29) is 11.9 Å². The van der Waals surface area contributed by atoms with Gasteiger partial charge in [0.2, 0.25) is 5.91 Å². The smallest absolute Gasteiger partial charge is 0.242 e. The molecule has 100 valence electrons. The van der Waals surface area contributed by atoms with Crippen molar-refractivity contribution in [2.75, 3.05) is 5.32 Å². The summed E-state index contributed by atoms with van der Waals surface area (Å²) in [7, 11) is 0. The molecule has 3 nitrogen and oxygen atoms in total. The first kappa shape index (κ1) is 13.6. The van der Waals surface area contributed by atoms with Gasteiger partial charge >= 0.3 is 0 Å². The highest BCUT2D eigenvalue weighted by molar-refractivity contribution is 7.09. The van der Waals surface area contributed by atoms with Crippen molar-refractivity contribution in [2.24, 2.45) is 0 Å². The molecule has 2 aromatic rings. The quantitative estimate of drug-likeness (QED) is 0.879. The largest absolute Gasteiger partial charge is 0.374 e. The summed E-state index contributed by atoms with van der Waals surface area (Å²) < 4.78 is 0. The Balaban J connectivity index is 1.85. The number of rotatable bonds is 5. The zero-order valence-electron chi connectivity index (χ0n) is 11.1. The summed E-state index contributed by atoms with van der Waals surface area (Å²) in [6, 6.07) is 11.8. The van der Waals surface area contributed by atoms with Crippen molar-refractivity contribution in [3.63, 3.8) is 0 Å². The van der Waals surface area contributed by atoms with Gasteiger partial charge in [-0.1, -0.05) is 18.2 Å². The number of hydrogen-bond acceptors (Lipinski definition) is 3. The molecule has 19 heavy (non-hydrogen) atoms. The van der Waals surface area contributed by atoms with Gasteiger partial charge in [-0.15, -0.1) is 11.3 Å². The fourth-order valence-corrected chi connectivity index (χ4v) is 2.44. The van der Waals surface area contributed by atoms with Crippen molar-refractivity contribution in [1.29, 1.82) is 0 Å². The Hall–Kier alpha value is -1.81. The Morgan fingerprint density at radius 3 is 2.84 bits per heavy atom. The highest BCUT2D eigenvalue weighted by atomic mass is 32.1. The van der Waals surface area contributed by atoms with E-state index >= 15 is 0 Å². The Morgan fingerprint density at radius 2 is 2.16 bits per heavy atom. The van der Waals surface area contributed by atoms with Gasteiger partial charge in [-0.25, -0.2) is 0 Å². The molecule has 1 amide bonds. The van der Waals surface area contributed by atoms with Crippen LogP contribution in [0.3, 0.4) is 0 Å². The van der Waals surface area contributed by atoms with E-state index in [0.29, 0.717) is 6.54 Å². The number of carbonyl (C=O) groups is 1.